The predicted octanol–water partition coefficient (Wildman–Crippen LogP) is 0.651. The van der Waals surface area contributed by atoms with Gasteiger partial charge in [0, 0.05) is 78.5 Å². The summed E-state index contributed by atoms with van der Waals surface area (Å²) in [5, 5.41) is 21.1. The molecule has 2 aliphatic rings. The third-order valence-corrected chi connectivity index (χ3v) is 7.58. The number of piperazine rings is 1. The molecule has 0 aromatic rings. The summed E-state index contributed by atoms with van der Waals surface area (Å²) in [6, 6.07) is 0.351. The van der Waals surface area contributed by atoms with Gasteiger partial charge in [-0.25, -0.2) is 0 Å². The zero-order valence-electron chi connectivity index (χ0n) is 24.0. The Morgan fingerprint density at radius 3 is 2.24 bits per heavy atom. The highest BCUT2D eigenvalue weighted by molar-refractivity contribution is 5.79. The summed E-state index contributed by atoms with van der Waals surface area (Å²) in [5.74, 6) is 0.272. The van der Waals surface area contributed by atoms with Crippen LogP contribution in [0.1, 0.15) is 53.9 Å². The van der Waals surface area contributed by atoms with E-state index >= 15 is 0 Å². The van der Waals surface area contributed by atoms with Crippen LogP contribution < -0.4 is 0 Å². The molecule has 0 unspecified atom stereocenters. The molecule has 10 nitrogen and oxygen atoms in total. The molecule has 0 spiro atoms. The molecular formula is C27H52N4O6. The van der Waals surface area contributed by atoms with Crippen molar-refractivity contribution in [2.24, 2.45) is 5.92 Å². The topological polar surface area (TPSA) is 106 Å². The summed E-state index contributed by atoms with van der Waals surface area (Å²) in [6.45, 7) is 15.7. The molecule has 37 heavy (non-hydrogen) atoms. The highest BCUT2D eigenvalue weighted by Gasteiger charge is 2.33. The van der Waals surface area contributed by atoms with Crippen LogP contribution in [0.15, 0.2) is 0 Å². The first-order chi connectivity index (χ1) is 17.5. The number of hydrogen-bond donors (Lipinski definition) is 2. The van der Waals surface area contributed by atoms with Gasteiger partial charge in [0.05, 0.1) is 13.2 Å². The predicted molar refractivity (Wildman–Crippen MR) is 143 cm³/mol. The highest BCUT2D eigenvalue weighted by atomic mass is 16.5. The van der Waals surface area contributed by atoms with Crippen molar-refractivity contribution in [3.05, 3.63) is 0 Å². The highest BCUT2D eigenvalue weighted by Crippen LogP contribution is 2.18. The number of rotatable bonds is 6. The molecular weight excluding hydrogens is 476 g/mol. The van der Waals surface area contributed by atoms with E-state index < -0.39 is 18.3 Å². The van der Waals surface area contributed by atoms with E-state index in [1.54, 1.807) is 4.90 Å². The van der Waals surface area contributed by atoms with Gasteiger partial charge in [-0.05, 0) is 39.0 Å². The standard InChI is InChI=1S/C27H52N4O6/c1-20(2)15-23-16-30(22(5)32)17-25(36-6)27(35)24(33)19-37-14-8-7-9-31(23)26(34)18-28-10-12-29(13-11-28)21(3)4/h20-21,23-25,27,33,35H,7-19H2,1-6H3/t23-,24+,25+,27+/m0/s1. The minimum atomic E-state index is -1.19. The van der Waals surface area contributed by atoms with Gasteiger partial charge in [-0.15, -0.1) is 0 Å². The van der Waals surface area contributed by atoms with Gasteiger partial charge in [0.15, 0.2) is 0 Å². The van der Waals surface area contributed by atoms with Crippen molar-refractivity contribution in [3.63, 3.8) is 0 Å². The molecule has 2 saturated heterocycles. The molecule has 2 heterocycles. The van der Waals surface area contributed by atoms with Crippen molar-refractivity contribution in [1.82, 2.24) is 19.6 Å². The van der Waals surface area contributed by atoms with Crippen molar-refractivity contribution in [3.8, 4) is 0 Å². The summed E-state index contributed by atoms with van der Waals surface area (Å²) in [6.07, 6.45) is -0.816. The van der Waals surface area contributed by atoms with Crippen LogP contribution in [0.25, 0.3) is 0 Å². The molecule has 2 rings (SSSR count). The van der Waals surface area contributed by atoms with Gasteiger partial charge in [-0.1, -0.05) is 13.8 Å². The number of methoxy groups -OCH3 is 1. The second kappa shape index (κ2) is 16.0. The number of aliphatic hydroxyl groups is 2. The summed E-state index contributed by atoms with van der Waals surface area (Å²) in [7, 11) is 1.46. The van der Waals surface area contributed by atoms with Gasteiger partial charge in [0.1, 0.15) is 18.3 Å². The van der Waals surface area contributed by atoms with E-state index in [4.69, 9.17) is 9.47 Å². The van der Waals surface area contributed by atoms with Crippen molar-refractivity contribution in [1.29, 1.82) is 0 Å². The number of carbonyl (C=O) groups is 2. The van der Waals surface area contributed by atoms with Crippen LogP contribution in [0.2, 0.25) is 0 Å². The molecule has 2 aliphatic heterocycles. The average Bonchev–Trinajstić information content (AvgIpc) is 2.84. The van der Waals surface area contributed by atoms with E-state index in [1.165, 1.54) is 14.0 Å². The quantitative estimate of drug-likeness (QED) is 0.518. The number of aliphatic hydroxyl groups excluding tert-OH is 2. The third-order valence-electron chi connectivity index (χ3n) is 7.58. The Labute approximate surface area is 223 Å². The van der Waals surface area contributed by atoms with Crippen molar-refractivity contribution >= 4 is 11.8 Å². The third kappa shape index (κ3) is 10.4. The maximum atomic E-state index is 13.7. The zero-order valence-corrected chi connectivity index (χ0v) is 24.0. The van der Waals surface area contributed by atoms with E-state index in [-0.39, 0.29) is 31.0 Å². The Kier molecular flexibility index (Phi) is 13.8. The maximum Gasteiger partial charge on any atom is 0.237 e. The first-order valence-electron chi connectivity index (χ1n) is 14.0. The molecule has 0 saturated carbocycles. The van der Waals surface area contributed by atoms with E-state index in [0.717, 1.165) is 45.4 Å². The summed E-state index contributed by atoms with van der Waals surface area (Å²) >= 11 is 0. The van der Waals surface area contributed by atoms with E-state index in [9.17, 15) is 19.8 Å². The lowest BCUT2D eigenvalue weighted by atomic mass is 10.00. The van der Waals surface area contributed by atoms with E-state index in [1.807, 2.05) is 4.90 Å². The molecule has 216 valence electrons. The molecule has 4 atom stereocenters. The number of nitrogens with zero attached hydrogens (tertiary/aromatic N) is 4. The lowest BCUT2D eigenvalue weighted by Crippen LogP contribution is -2.56. The van der Waals surface area contributed by atoms with Crippen LogP contribution in [-0.2, 0) is 19.1 Å². The van der Waals surface area contributed by atoms with Crippen LogP contribution in [0.4, 0.5) is 0 Å². The molecule has 0 aliphatic carbocycles. The van der Waals surface area contributed by atoms with Gasteiger partial charge in [0.25, 0.3) is 0 Å². The molecule has 0 aromatic heterocycles. The number of carbonyl (C=O) groups excluding carboxylic acids is 2. The second-order valence-electron chi connectivity index (χ2n) is 11.3. The van der Waals surface area contributed by atoms with Crippen LogP contribution in [0.5, 0.6) is 0 Å². The minimum absolute atomic E-state index is 0.0118. The van der Waals surface area contributed by atoms with Gasteiger partial charge in [-0.3, -0.25) is 19.4 Å². The van der Waals surface area contributed by atoms with E-state index in [0.29, 0.717) is 38.2 Å². The Hall–Kier alpha value is -1.30. The summed E-state index contributed by atoms with van der Waals surface area (Å²) < 4.78 is 11.1. The van der Waals surface area contributed by atoms with Crippen molar-refractivity contribution < 1.29 is 29.3 Å². The van der Waals surface area contributed by atoms with Gasteiger partial charge < -0.3 is 29.5 Å². The Morgan fingerprint density at radius 1 is 1.00 bits per heavy atom. The lowest BCUT2D eigenvalue weighted by Gasteiger charge is -2.40. The van der Waals surface area contributed by atoms with Crippen LogP contribution >= 0.6 is 0 Å². The lowest BCUT2D eigenvalue weighted by molar-refractivity contribution is -0.143. The van der Waals surface area contributed by atoms with Crippen LogP contribution in [0, 0.1) is 5.92 Å². The fraction of sp³-hybridized carbons (Fsp3) is 0.926. The van der Waals surface area contributed by atoms with Gasteiger partial charge in [0.2, 0.25) is 11.8 Å². The summed E-state index contributed by atoms with van der Waals surface area (Å²) in [5.41, 5.74) is 0. The molecule has 2 fully saturated rings. The normalized spacial score (nSPS) is 28.5. The Balaban J connectivity index is 2.24. The fourth-order valence-corrected chi connectivity index (χ4v) is 5.24. The van der Waals surface area contributed by atoms with Gasteiger partial charge in [-0.2, -0.15) is 0 Å². The van der Waals surface area contributed by atoms with Crippen LogP contribution in [-0.4, -0.2) is 145 Å². The van der Waals surface area contributed by atoms with Crippen molar-refractivity contribution in [2.45, 2.75) is 84.3 Å². The smallest absolute Gasteiger partial charge is 0.237 e. The fourth-order valence-electron chi connectivity index (χ4n) is 5.24. The number of ether oxygens (including phenoxy) is 2. The molecule has 2 N–H and O–H groups in total. The molecule has 10 heteroatoms. The molecule has 2 amide bonds. The zero-order chi connectivity index (χ0) is 27.5. The largest absolute Gasteiger partial charge is 0.388 e. The van der Waals surface area contributed by atoms with Gasteiger partial charge >= 0.3 is 0 Å². The number of hydrogen-bond acceptors (Lipinski definition) is 8. The minimum Gasteiger partial charge on any atom is -0.388 e. The average molecular weight is 529 g/mol. The summed E-state index contributed by atoms with van der Waals surface area (Å²) in [4.78, 5) is 34.7. The molecule has 0 bridgehead atoms. The van der Waals surface area contributed by atoms with Crippen LogP contribution in [0.3, 0.4) is 0 Å². The van der Waals surface area contributed by atoms with Crippen molar-refractivity contribution in [2.75, 3.05) is 72.7 Å². The van der Waals surface area contributed by atoms with E-state index in [2.05, 4.69) is 37.5 Å². The monoisotopic (exact) mass is 528 g/mol. The maximum absolute atomic E-state index is 13.7. The second-order valence-corrected chi connectivity index (χ2v) is 11.3. The number of amides is 2. The SMILES string of the molecule is CO[C@@H]1CN(C(C)=O)C[C@H](CC(C)C)N(C(=O)CN2CCN(C(C)C)CC2)CCCCOC[C@@H](O)[C@H]1O. The molecule has 0 radical (unpaired) electrons. The first-order valence-corrected chi connectivity index (χ1v) is 14.0. The molecule has 0 aromatic carbocycles. The first kappa shape index (κ1) is 31.9. The Morgan fingerprint density at radius 2 is 1.68 bits per heavy atom. The Bertz CT molecular complexity index is 686.